The molecule has 10 heavy (non-hydrogen) atoms. The average Bonchev–Trinajstić information content (AvgIpc) is 1.94. The van der Waals surface area contributed by atoms with Crippen molar-refractivity contribution in [2.45, 2.75) is 18.9 Å². The van der Waals surface area contributed by atoms with Crippen LogP contribution in [0.2, 0.25) is 0 Å². The largest absolute Gasteiger partial charge is 0.327 e. The molecular weight excluding hydrogens is 142 g/mol. The van der Waals surface area contributed by atoms with Gasteiger partial charge in [0.25, 0.3) is 0 Å². The molecule has 1 fully saturated rings. The maximum atomic E-state index is 5.86. The smallest absolute Gasteiger partial charge is 0.0137 e. The van der Waals surface area contributed by atoms with E-state index in [2.05, 4.69) is 5.92 Å². The third-order valence-corrected chi connectivity index (χ3v) is 3.10. The highest BCUT2D eigenvalue weighted by Gasteiger charge is 2.20. The first-order chi connectivity index (χ1) is 4.84. The number of nitrogens with two attached hydrogens (primary N) is 1. The van der Waals surface area contributed by atoms with Crippen molar-refractivity contribution in [1.29, 1.82) is 0 Å². The van der Waals surface area contributed by atoms with E-state index in [1.54, 1.807) is 0 Å². The predicted octanol–water partition coefficient (Wildman–Crippen LogP) is 1.09. The molecule has 0 amide bonds. The van der Waals surface area contributed by atoms with Crippen molar-refractivity contribution in [3.63, 3.8) is 0 Å². The summed E-state index contributed by atoms with van der Waals surface area (Å²) in [5.74, 6) is 5.62. The molecule has 2 N–H and O–H groups in total. The van der Waals surface area contributed by atoms with E-state index in [-0.39, 0.29) is 0 Å². The molecule has 0 aliphatic carbocycles. The highest BCUT2D eigenvalue weighted by atomic mass is 32.2. The van der Waals surface area contributed by atoms with Gasteiger partial charge >= 0.3 is 0 Å². The zero-order valence-corrected chi connectivity index (χ0v) is 6.86. The molecule has 1 nitrogen and oxygen atoms in total. The van der Waals surface area contributed by atoms with E-state index in [1.165, 1.54) is 5.75 Å². The Morgan fingerprint density at radius 1 is 1.70 bits per heavy atom. The third-order valence-electron chi connectivity index (χ3n) is 1.91. The Balaban J connectivity index is 2.34. The first-order valence-electron chi connectivity index (χ1n) is 3.61. The molecule has 0 saturated carbocycles. The molecule has 1 rings (SSSR count). The lowest BCUT2D eigenvalue weighted by Crippen LogP contribution is -2.35. The Kier molecular flexibility index (Phi) is 3.11. The van der Waals surface area contributed by atoms with Crippen LogP contribution in [0, 0.1) is 18.3 Å². The molecule has 1 aliphatic heterocycles. The van der Waals surface area contributed by atoms with Crippen molar-refractivity contribution >= 4 is 11.8 Å². The van der Waals surface area contributed by atoms with E-state index in [1.807, 2.05) is 11.8 Å². The quantitative estimate of drug-likeness (QED) is 0.574. The summed E-state index contributed by atoms with van der Waals surface area (Å²) in [5.41, 5.74) is 5.86. The maximum absolute atomic E-state index is 5.86. The van der Waals surface area contributed by atoms with Gasteiger partial charge in [0.2, 0.25) is 0 Å². The maximum Gasteiger partial charge on any atom is 0.0137 e. The fraction of sp³-hybridized carbons (Fsp3) is 0.750. The molecular formula is C8H13NS. The molecule has 2 heteroatoms. The number of hydrogen-bond donors (Lipinski definition) is 1. The molecule has 0 aromatic rings. The van der Waals surface area contributed by atoms with Gasteiger partial charge in [-0.2, -0.15) is 11.8 Å². The monoisotopic (exact) mass is 155 g/mol. The minimum atomic E-state index is 0.359. The second kappa shape index (κ2) is 3.90. The fourth-order valence-corrected chi connectivity index (χ4v) is 2.45. The van der Waals surface area contributed by atoms with E-state index in [9.17, 15) is 0 Å². The van der Waals surface area contributed by atoms with Crippen molar-refractivity contribution in [1.82, 2.24) is 0 Å². The molecule has 1 saturated heterocycles. The summed E-state index contributed by atoms with van der Waals surface area (Å²) in [7, 11) is 0. The first kappa shape index (κ1) is 7.97. The molecule has 0 radical (unpaired) electrons. The average molecular weight is 155 g/mol. The summed E-state index contributed by atoms with van der Waals surface area (Å²) in [5, 5.41) is 0. The van der Waals surface area contributed by atoms with Gasteiger partial charge in [0.05, 0.1) is 0 Å². The number of hydrogen-bond acceptors (Lipinski definition) is 2. The van der Waals surface area contributed by atoms with Crippen LogP contribution >= 0.6 is 11.8 Å². The van der Waals surface area contributed by atoms with E-state index >= 15 is 0 Å². The summed E-state index contributed by atoms with van der Waals surface area (Å²) in [6.07, 6.45) is 7.20. The Bertz CT molecular complexity index is 139. The van der Waals surface area contributed by atoms with Crippen molar-refractivity contribution in [2.24, 2.45) is 11.7 Å². The standard InChI is InChI=1S/C8H13NS/c1-2-3-7-6-10-5-4-8(7)9/h1,7-8H,3-6,9H2. The van der Waals surface area contributed by atoms with Crippen molar-refractivity contribution in [2.75, 3.05) is 11.5 Å². The van der Waals surface area contributed by atoms with E-state index in [4.69, 9.17) is 12.2 Å². The molecule has 0 bridgehead atoms. The van der Waals surface area contributed by atoms with Crippen LogP contribution < -0.4 is 5.73 Å². The topological polar surface area (TPSA) is 26.0 Å². The Labute approximate surface area is 66.8 Å². The highest BCUT2D eigenvalue weighted by Crippen LogP contribution is 2.23. The van der Waals surface area contributed by atoms with E-state index in [0.717, 1.165) is 18.6 Å². The number of thioether (sulfide) groups is 1. The van der Waals surface area contributed by atoms with Crippen LogP contribution in [0.3, 0.4) is 0 Å². The van der Waals surface area contributed by atoms with Gasteiger partial charge in [-0.1, -0.05) is 0 Å². The number of terminal acetylenes is 1. The second-order valence-corrected chi connectivity index (χ2v) is 3.85. The van der Waals surface area contributed by atoms with Crippen LogP contribution in [0.5, 0.6) is 0 Å². The molecule has 0 aromatic heterocycles. The van der Waals surface area contributed by atoms with Gasteiger partial charge in [-0.3, -0.25) is 0 Å². The van der Waals surface area contributed by atoms with Crippen LogP contribution in [0.4, 0.5) is 0 Å². The van der Waals surface area contributed by atoms with E-state index < -0.39 is 0 Å². The van der Waals surface area contributed by atoms with Crippen molar-refractivity contribution < 1.29 is 0 Å². The number of rotatable bonds is 1. The molecule has 56 valence electrons. The Morgan fingerprint density at radius 3 is 3.10 bits per heavy atom. The van der Waals surface area contributed by atoms with Crippen LogP contribution in [0.25, 0.3) is 0 Å². The zero-order chi connectivity index (χ0) is 7.40. The summed E-state index contributed by atoms with van der Waals surface area (Å²) in [6.45, 7) is 0. The van der Waals surface area contributed by atoms with Gasteiger partial charge in [-0.15, -0.1) is 12.3 Å². The van der Waals surface area contributed by atoms with Crippen LogP contribution in [0.1, 0.15) is 12.8 Å². The van der Waals surface area contributed by atoms with Crippen LogP contribution in [-0.2, 0) is 0 Å². The first-order valence-corrected chi connectivity index (χ1v) is 4.77. The highest BCUT2D eigenvalue weighted by molar-refractivity contribution is 7.99. The lowest BCUT2D eigenvalue weighted by molar-refractivity contribution is 0.452. The van der Waals surface area contributed by atoms with Crippen LogP contribution in [0.15, 0.2) is 0 Å². The minimum absolute atomic E-state index is 0.359. The van der Waals surface area contributed by atoms with Gasteiger partial charge in [-0.25, -0.2) is 0 Å². The summed E-state index contributed by atoms with van der Waals surface area (Å²) >= 11 is 1.97. The molecule has 1 aliphatic rings. The third kappa shape index (κ3) is 1.93. The normalized spacial score (nSPS) is 33.2. The molecule has 2 unspecified atom stereocenters. The molecule has 0 spiro atoms. The minimum Gasteiger partial charge on any atom is -0.327 e. The Hall–Kier alpha value is -0.130. The molecule has 2 atom stereocenters. The van der Waals surface area contributed by atoms with Gasteiger partial charge < -0.3 is 5.73 Å². The van der Waals surface area contributed by atoms with Gasteiger partial charge in [0.15, 0.2) is 0 Å². The second-order valence-electron chi connectivity index (χ2n) is 2.70. The van der Waals surface area contributed by atoms with Gasteiger partial charge in [-0.05, 0) is 23.8 Å². The Morgan fingerprint density at radius 2 is 2.50 bits per heavy atom. The summed E-state index contributed by atoms with van der Waals surface area (Å²) in [4.78, 5) is 0. The van der Waals surface area contributed by atoms with Crippen molar-refractivity contribution in [3.05, 3.63) is 0 Å². The van der Waals surface area contributed by atoms with Crippen LogP contribution in [-0.4, -0.2) is 17.5 Å². The summed E-state index contributed by atoms with van der Waals surface area (Å²) in [6, 6.07) is 0.359. The lowest BCUT2D eigenvalue weighted by atomic mass is 9.97. The fourth-order valence-electron chi connectivity index (χ4n) is 1.18. The van der Waals surface area contributed by atoms with Gasteiger partial charge in [0.1, 0.15) is 0 Å². The lowest BCUT2D eigenvalue weighted by Gasteiger charge is -2.26. The predicted molar refractivity (Wildman–Crippen MR) is 46.9 cm³/mol. The van der Waals surface area contributed by atoms with Crippen molar-refractivity contribution in [3.8, 4) is 12.3 Å². The summed E-state index contributed by atoms with van der Waals surface area (Å²) < 4.78 is 0. The zero-order valence-electron chi connectivity index (χ0n) is 6.05. The van der Waals surface area contributed by atoms with Gasteiger partial charge in [0, 0.05) is 12.5 Å². The molecule has 0 aromatic carbocycles. The van der Waals surface area contributed by atoms with E-state index in [0.29, 0.717) is 12.0 Å². The SMILES string of the molecule is C#CCC1CSCCC1N. The molecule has 1 heterocycles.